The first-order valence-electron chi connectivity index (χ1n) is 10.9. The number of alkyl halides is 1. The van der Waals surface area contributed by atoms with Crippen molar-refractivity contribution >= 4 is 28.3 Å². The zero-order valence-electron chi connectivity index (χ0n) is 18.3. The first-order chi connectivity index (χ1) is 15.5. The molecule has 3 saturated heterocycles. The van der Waals surface area contributed by atoms with Crippen LogP contribution < -0.4 is 15.0 Å². The smallest absolute Gasteiger partial charge is 0.230 e. The van der Waals surface area contributed by atoms with Crippen LogP contribution >= 0.6 is 11.5 Å². The Morgan fingerprint density at radius 3 is 2.94 bits per heavy atom. The Kier molecular flexibility index (Phi) is 5.61. The number of halogens is 1. The van der Waals surface area contributed by atoms with Gasteiger partial charge in [0, 0.05) is 45.3 Å². The zero-order chi connectivity index (χ0) is 22.3. The fraction of sp³-hybridized carbons (Fsp3) is 0.619. The van der Waals surface area contributed by atoms with Gasteiger partial charge >= 0.3 is 0 Å². The molecular formula is C21H27FN8OS. The normalized spacial score (nSPS) is 25.1. The molecule has 5 heterocycles. The SMILES string of the molecule is COc1cnc(Nc2cc(C)ns2)nc1N1CC(CC#N)(N2CCN3C[C@H](F)C[C@H]3C2)C1. The molecule has 0 amide bonds. The predicted molar refractivity (Wildman–Crippen MR) is 120 cm³/mol. The van der Waals surface area contributed by atoms with Gasteiger partial charge in [-0.2, -0.15) is 14.6 Å². The zero-order valence-corrected chi connectivity index (χ0v) is 19.1. The van der Waals surface area contributed by atoms with E-state index in [0.717, 1.165) is 30.3 Å². The summed E-state index contributed by atoms with van der Waals surface area (Å²) in [5.41, 5.74) is 0.699. The minimum atomic E-state index is -0.733. The Hall–Kier alpha value is -2.55. The Bertz CT molecular complexity index is 1020. The molecule has 3 fully saturated rings. The molecule has 1 N–H and O–H groups in total. The number of ether oxygens (including phenoxy) is 1. The van der Waals surface area contributed by atoms with E-state index in [4.69, 9.17) is 9.72 Å². The van der Waals surface area contributed by atoms with Crippen molar-refractivity contribution in [3.8, 4) is 11.8 Å². The molecule has 0 radical (unpaired) electrons. The lowest BCUT2D eigenvalue weighted by Crippen LogP contribution is -2.73. The van der Waals surface area contributed by atoms with E-state index in [1.54, 1.807) is 13.3 Å². The molecule has 170 valence electrons. The number of methoxy groups -OCH3 is 1. The predicted octanol–water partition coefficient (Wildman–Crippen LogP) is 2.19. The lowest BCUT2D eigenvalue weighted by Gasteiger charge is -2.57. The molecule has 0 saturated carbocycles. The summed E-state index contributed by atoms with van der Waals surface area (Å²) in [5, 5.41) is 13.6. The molecule has 2 atom stereocenters. The maximum atomic E-state index is 13.9. The van der Waals surface area contributed by atoms with Crippen LogP contribution in [0.2, 0.25) is 0 Å². The third-order valence-electron chi connectivity index (χ3n) is 6.73. The number of hydrogen-bond acceptors (Lipinski definition) is 10. The summed E-state index contributed by atoms with van der Waals surface area (Å²) < 4.78 is 23.7. The molecule has 2 aromatic heterocycles. The summed E-state index contributed by atoms with van der Waals surface area (Å²) in [4.78, 5) is 15.9. The fourth-order valence-corrected chi connectivity index (χ4v) is 5.78. The fourth-order valence-electron chi connectivity index (χ4n) is 5.12. The quantitative estimate of drug-likeness (QED) is 0.699. The third-order valence-corrected chi connectivity index (χ3v) is 7.53. The van der Waals surface area contributed by atoms with Crippen LogP contribution in [0, 0.1) is 18.3 Å². The van der Waals surface area contributed by atoms with Crippen LogP contribution in [0.5, 0.6) is 5.75 Å². The highest BCUT2D eigenvalue weighted by Gasteiger charge is 2.51. The molecule has 32 heavy (non-hydrogen) atoms. The van der Waals surface area contributed by atoms with Crippen molar-refractivity contribution in [1.29, 1.82) is 5.26 Å². The Labute approximate surface area is 191 Å². The van der Waals surface area contributed by atoms with Gasteiger partial charge in [-0.05, 0) is 30.9 Å². The average Bonchev–Trinajstić information content (AvgIpc) is 3.33. The van der Waals surface area contributed by atoms with Gasteiger partial charge in [-0.3, -0.25) is 9.80 Å². The standard InChI is InChI=1S/C21H27FN8OS/c1-14-7-18(32-27-14)25-20-24-9-17(31-2)19(26-20)29-12-21(13-29,3-4-23)30-6-5-28-10-15(22)8-16(28)11-30/h7,9,15-16H,3,5-6,8,10-13H2,1-2H3,(H,24,25,26)/t15-,16+/m1/s1. The molecule has 3 aliphatic rings. The second kappa shape index (κ2) is 8.42. The highest BCUT2D eigenvalue weighted by Crippen LogP contribution is 2.40. The van der Waals surface area contributed by atoms with Crippen LogP contribution in [-0.2, 0) is 0 Å². The third kappa shape index (κ3) is 3.87. The molecule has 2 aromatic rings. The minimum absolute atomic E-state index is 0.242. The molecular weight excluding hydrogens is 431 g/mol. The van der Waals surface area contributed by atoms with Gasteiger partial charge in [-0.1, -0.05) is 0 Å². The average molecular weight is 459 g/mol. The van der Waals surface area contributed by atoms with Crippen LogP contribution in [0.1, 0.15) is 18.5 Å². The second-order valence-electron chi connectivity index (χ2n) is 8.89. The monoisotopic (exact) mass is 458 g/mol. The van der Waals surface area contributed by atoms with Crippen molar-refractivity contribution < 1.29 is 9.13 Å². The molecule has 0 bridgehead atoms. The van der Waals surface area contributed by atoms with E-state index in [9.17, 15) is 9.65 Å². The van der Waals surface area contributed by atoms with Crippen LogP contribution in [0.3, 0.4) is 0 Å². The van der Waals surface area contributed by atoms with Crippen LogP contribution in [0.25, 0.3) is 0 Å². The number of rotatable bonds is 6. The largest absolute Gasteiger partial charge is 0.491 e. The molecule has 0 aromatic carbocycles. The van der Waals surface area contributed by atoms with E-state index in [1.165, 1.54) is 11.5 Å². The molecule has 5 rings (SSSR count). The van der Waals surface area contributed by atoms with Gasteiger partial charge in [0.1, 0.15) is 11.2 Å². The van der Waals surface area contributed by atoms with E-state index in [0.29, 0.717) is 50.0 Å². The Morgan fingerprint density at radius 1 is 1.38 bits per heavy atom. The second-order valence-corrected chi connectivity index (χ2v) is 9.69. The van der Waals surface area contributed by atoms with E-state index in [1.807, 2.05) is 13.0 Å². The number of aryl methyl sites for hydroxylation is 1. The summed E-state index contributed by atoms with van der Waals surface area (Å²) in [7, 11) is 1.61. The molecule has 9 nitrogen and oxygen atoms in total. The van der Waals surface area contributed by atoms with Crippen molar-refractivity contribution in [1.82, 2.24) is 24.1 Å². The van der Waals surface area contributed by atoms with Crippen LogP contribution in [0.15, 0.2) is 12.3 Å². The number of nitriles is 1. The maximum Gasteiger partial charge on any atom is 0.230 e. The van der Waals surface area contributed by atoms with Crippen LogP contribution in [0.4, 0.5) is 21.2 Å². The molecule has 3 aliphatic heterocycles. The van der Waals surface area contributed by atoms with Gasteiger partial charge in [0.05, 0.1) is 37.0 Å². The van der Waals surface area contributed by atoms with E-state index >= 15 is 0 Å². The number of fused-ring (bicyclic) bond motifs is 1. The van der Waals surface area contributed by atoms with Crippen molar-refractivity contribution in [2.24, 2.45) is 0 Å². The van der Waals surface area contributed by atoms with E-state index in [-0.39, 0.29) is 11.6 Å². The van der Waals surface area contributed by atoms with Gasteiger partial charge < -0.3 is 15.0 Å². The number of anilines is 3. The van der Waals surface area contributed by atoms with E-state index in [2.05, 4.69) is 35.4 Å². The Balaban J connectivity index is 1.33. The Morgan fingerprint density at radius 2 is 2.22 bits per heavy atom. The molecule has 0 unspecified atom stereocenters. The summed E-state index contributed by atoms with van der Waals surface area (Å²) in [5.74, 6) is 1.79. The lowest BCUT2D eigenvalue weighted by molar-refractivity contribution is -0.000730. The van der Waals surface area contributed by atoms with Gasteiger partial charge in [-0.15, -0.1) is 0 Å². The van der Waals surface area contributed by atoms with Gasteiger partial charge in [-0.25, -0.2) is 9.37 Å². The number of aromatic nitrogens is 3. The van der Waals surface area contributed by atoms with Gasteiger partial charge in [0.2, 0.25) is 5.95 Å². The minimum Gasteiger partial charge on any atom is -0.491 e. The molecule has 0 spiro atoms. The van der Waals surface area contributed by atoms with Crippen molar-refractivity contribution in [3.05, 3.63) is 18.0 Å². The highest BCUT2D eigenvalue weighted by atomic mass is 32.1. The first kappa shape index (κ1) is 21.3. The van der Waals surface area contributed by atoms with Crippen LogP contribution in [-0.4, -0.2) is 88.3 Å². The van der Waals surface area contributed by atoms with E-state index < -0.39 is 6.17 Å². The summed E-state index contributed by atoms with van der Waals surface area (Å²) in [6, 6.07) is 4.58. The number of nitrogens with zero attached hydrogens (tertiary/aromatic N) is 7. The number of nitrogens with one attached hydrogen (secondary N) is 1. The highest BCUT2D eigenvalue weighted by molar-refractivity contribution is 7.10. The summed E-state index contributed by atoms with van der Waals surface area (Å²) in [6.45, 7) is 6.37. The topological polar surface area (TPSA) is 93.4 Å². The van der Waals surface area contributed by atoms with Crippen molar-refractivity contribution in [3.63, 3.8) is 0 Å². The van der Waals surface area contributed by atoms with Gasteiger partial charge in [0.25, 0.3) is 0 Å². The number of piperazine rings is 1. The number of hydrogen-bond donors (Lipinski definition) is 1. The molecule has 11 heteroatoms. The maximum absolute atomic E-state index is 13.9. The first-order valence-corrected chi connectivity index (χ1v) is 11.6. The van der Waals surface area contributed by atoms with Gasteiger partial charge in [0.15, 0.2) is 11.6 Å². The van der Waals surface area contributed by atoms with Crippen molar-refractivity contribution in [2.75, 3.05) is 56.6 Å². The summed E-state index contributed by atoms with van der Waals surface area (Å²) in [6.07, 6.45) is 1.97. The molecule has 0 aliphatic carbocycles. The summed E-state index contributed by atoms with van der Waals surface area (Å²) >= 11 is 1.36. The lowest BCUT2D eigenvalue weighted by atomic mass is 9.83. The van der Waals surface area contributed by atoms with Crippen molar-refractivity contribution in [2.45, 2.75) is 37.5 Å².